The number of hydrogen-bond donors (Lipinski definition) is 3. The number of para-hydroxylation sites is 1. The maximum Gasteiger partial charge on any atom is 0.242 e. The molecule has 2 aliphatic rings. The first kappa shape index (κ1) is 24.1. The number of methoxy groups -OCH3 is 2. The summed E-state index contributed by atoms with van der Waals surface area (Å²) in [6.45, 7) is 1.30. The quantitative estimate of drug-likeness (QED) is 0.425. The average molecular weight is 490 g/mol. The summed E-state index contributed by atoms with van der Waals surface area (Å²) in [6.07, 6.45) is 0. The zero-order chi connectivity index (χ0) is 25.1. The summed E-state index contributed by atoms with van der Waals surface area (Å²) in [5.74, 6) is 1.26. The lowest BCUT2D eigenvalue weighted by Crippen LogP contribution is -2.42. The molecule has 4 atom stereocenters. The van der Waals surface area contributed by atoms with Crippen LogP contribution in [0.5, 0.6) is 17.2 Å². The summed E-state index contributed by atoms with van der Waals surface area (Å²) in [4.78, 5) is 15.3. The van der Waals surface area contributed by atoms with Gasteiger partial charge in [-0.25, -0.2) is 10.9 Å². The van der Waals surface area contributed by atoms with Gasteiger partial charge in [-0.05, 0) is 29.3 Å². The first-order valence-electron chi connectivity index (χ1n) is 12.1. The summed E-state index contributed by atoms with van der Waals surface area (Å²) in [7, 11) is 3.24. The molecule has 188 valence electrons. The normalized spacial score (nSPS) is 23.1. The van der Waals surface area contributed by atoms with Crippen LogP contribution < -0.4 is 20.3 Å². The minimum atomic E-state index is -0.434. The molecule has 8 heteroatoms. The molecule has 3 aromatic rings. The number of aromatic hydroxyl groups is 1. The minimum absolute atomic E-state index is 0.00385. The second-order valence-corrected chi connectivity index (χ2v) is 9.03. The number of benzene rings is 3. The van der Waals surface area contributed by atoms with Gasteiger partial charge in [-0.3, -0.25) is 4.79 Å². The van der Waals surface area contributed by atoms with Crippen molar-refractivity contribution in [1.29, 1.82) is 0 Å². The number of amides is 1. The number of nitrogens with zero attached hydrogens (tertiary/aromatic N) is 1. The number of phenolic OH excluding ortho intramolecular Hbond substituents is 1. The van der Waals surface area contributed by atoms with Crippen molar-refractivity contribution in [2.45, 2.75) is 24.7 Å². The van der Waals surface area contributed by atoms with E-state index in [2.05, 4.69) is 10.9 Å². The van der Waals surface area contributed by atoms with Crippen molar-refractivity contribution in [2.24, 2.45) is 5.92 Å². The Bertz CT molecular complexity index is 1200. The van der Waals surface area contributed by atoms with Crippen LogP contribution in [0.15, 0.2) is 72.8 Å². The molecule has 3 aromatic carbocycles. The van der Waals surface area contributed by atoms with E-state index in [1.54, 1.807) is 26.4 Å². The van der Waals surface area contributed by atoms with Crippen molar-refractivity contribution < 1.29 is 24.1 Å². The summed E-state index contributed by atoms with van der Waals surface area (Å²) in [5, 5.41) is 10.6. The van der Waals surface area contributed by atoms with E-state index in [1.807, 2.05) is 65.6 Å². The average Bonchev–Trinajstić information content (AvgIpc) is 3.45. The van der Waals surface area contributed by atoms with Crippen LogP contribution in [0.3, 0.4) is 0 Å². The van der Waals surface area contributed by atoms with Gasteiger partial charge >= 0.3 is 0 Å². The number of hydrazine groups is 1. The summed E-state index contributed by atoms with van der Waals surface area (Å²) in [5.41, 5.74) is 9.18. The fourth-order valence-corrected chi connectivity index (χ4v) is 5.28. The van der Waals surface area contributed by atoms with Crippen LogP contribution >= 0.6 is 0 Å². The van der Waals surface area contributed by atoms with E-state index in [0.29, 0.717) is 31.3 Å². The second kappa shape index (κ2) is 10.6. The number of fused-ring (bicyclic) bond motifs is 1. The number of carbonyl (C=O) groups excluding carboxylic acids is 1. The van der Waals surface area contributed by atoms with Crippen molar-refractivity contribution in [1.82, 2.24) is 15.8 Å². The highest BCUT2D eigenvalue weighted by Gasteiger charge is 2.55. The lowest BCUT2D eigenvalue weighted by molar-refractivity contribution is -0.131. The molecule has 1 amide bonds. The Morgan fingerprint density at radius 3 is 2.42 bits per heavy atom. The zero-order valence-corrected chi connectivity index (χ0v) is 20.4. The van der Waals surface area contributed by atoms with E-state index in [0.717, 1.165) is 16.7 Å². The zero-order valence-electron chi connectivity index (χ0n) is 20.4. The van der Waals surface area contributed by atoms with Crippen molar-refractivity contribution in [3.05, 3.63) is 89.5 Å². The van der Waals surface area contributed by atoms with Crippen molar-refractivity contribution in [3.63, 3.8) is 0 Å². The Kier molecular flexibility index (Phi) is 7.09. The standard InChI is InChI=1S/C28H31N3O5/c1-34-15-14-31-27(24-25(29-30-26(24)28(31)33)20-10-6-7-11-21(20)32)19-12-13-22(23(16-19)35-2)36-17-18-8-4-3-5-9-18/h3-13,16,24-27,29-30,32H,14-15,17H2,1-2H3. The van der Waals surface area contributed by atoms with Gasteiger partial charge in [0.15, 0.2) is 11.5 Å². The fourth-order valence-electron chi connectivity index (χ4n) is 5.28. The topological polar surface area (TPSA) is 92.3 Å². The molecule has 4 unspecified atom stereocenters. The molecule has 2 aliphatic heterocycles. The van der Waals surface area contributed by atoms with Crippen molar-refractivity contribution in [2.75, 3.05) is 27.4 Å². The van der Waals surface area contributed by atoms with Crippen LogP contribution in [0, 0.1) is 5.92 Å². The number of likely N-dealkylation sites (tertiary alicyclic amines) is 1. The Hall–Kier alpha value is -3.59. The summed E-state index contributed by atoms with van der Waals surface area (Å²) in [6, 6.07) is 22.1. The lowest BCUT2D eigenvalue weighted by Gasteiger charge is -2.31. The molecule has 2 fully saturated rings. The minimum Gasteiger partial charge on any atom is -0.508 e. The van der Waals surface area contributed by atoms with Gasteiger partial charge in [-0.1, -0.05) is 54.6 Å². The van der Waals surface area contributed by atoms with Gasteiger partial charge in [-0.2, -0.15) is 0 Å². The van der Waals surface area contributed by atoms with E-state index in [9.17, 15) is 9.90 Å². The highest BCUT2D eigenvalue weighted by molar-refractivity contribution is 5.86. The first-order chi connectivity index (χ1) is 17.6. The molecule has 0 radical (unpaired) electrons. The molecule has 0 saturated carbocycles. The van der Waals surface area contributed by atoms with Gasteiger partial charge in [-0.15, -0.1) is 0 Å². The maximum atomic E-state index is 13.5. The monoisotopic (exact) mass is 489 g/mol. The number of nitrogens with one attached hydrogen (secondary N) is 2. The van der Waals surface area contributed by atoms with Crippen LogP contribution in [0.25, 0.3) is 0 Å². The fraction of sp³-hybridized carbons (Fsp3) is 0.321. The van der Waals surface area contributed by atoms with Crippen molar-refractivity contribution in [3.8, 4) is 17.2 Å². The van der Waals surface area contributed by atoms with E-state index in [1.165, 1.54) is 0 Å². The van der Waals surface area contributed by atoms with Crippen LogP contribution in [-0.4, -0.2) is 49.3 Å². The molecule has 0 spiro atoms. The Morgan fingerprint density at radius 1 is 0.917 bits per heavy atom. The largest absolute Gasteiger partial charge is 0.508 e. The Morgan fingerprint density at radius 2 is 1.67 bits per heavy atom. The predicted molar refractivity (Wildman–Crippen MR) is 134 cm³/mol. The highest BCUT2D eigenvalue weighted by Crippen LogP contribution is 2.49. The van der Waals surface area contributed by atoms with Crippen LogP contribution in [0.4, 0.5) is 0 Å². The highest BCUT2D eigenvalue weighted by atomic mass is 16.5. The predicted octanol–water partition coefficient (Wildman–Crippen LogP) is 3.34. The van der Waals surface area contributed by atoms with Crippen LogP contribution in [0.1, 0.15) is 28.8 Å². The van der Waals surface area contributed by atoms with E-state index in [-0.39, 0.29) is 29.7 Å². The number of hydrogen-bond acceptors (Lipinski definition) is 7. The van der Waals surface area contributed by atoms with Crippen LogP contribution in [0.2, 0.25) is 0 Å². The third-order valence-electron chi connectivity index (χ3n) is 6.99. The summed E-state index contributed by atoms with van der Waals surface area (Å²) < 4.78 is 17.1. The lowest BCUT2D eigenvalue weighted by atomic mass is 9.83. The Labute approximate surface area is 210 Å². The smallest absolute Gasteiger partial charge is 0.242 e. The number of phenols is 1. The van der Waals surface area contributed by atoms with E-state index in [4.69, 9.17) is 14.2 Å². The van der Waals surface area contributed by atoms with Gasteiger partial charge in [0.1, 0.15) is 18.4 Å². The molecule has 5 rings (SSSR count). The SMILES string of the molecule is COCCN1C(=O)C2NNC(c3ccccc3O)C2C1c1ccc(OCc2ccccc2)c(OC)c1. The van der Waals surface area contributed by atoms with Gasteiger partial charge < -0.3 is 24.2 Å². The third kappa shape index (κ3) is 4.51. The summed E-state index contributed by atoms with van der Waals surface area (Å²) >= 11 is 0. The molecule has 2 saturated heterocycles. The molecule has 36 heavy (non-hydrogen) atoms. The molecule has 0 bridgehead atoms. The third-order valence-corrected chi connectivity index (χ3v) is 6.99. The molecule has 0 aromatic heterocycles. The van der Waals surface area contributed by atoms with Gasteiger partial charge in [0, 0.05) is 25.1 Å². The van der Waals surface area contributed by atoms with Crippen LogP contribution in [-0.2, 0) is 16.1 Å². The molecule has 0 aliphatic carbocycles. The molecule has 2 heterocycles. The second-order valence-electron chi connectivity index (χ2n) is 9.03. The van der Waals surface area contributed by atoms with E-state index < -0.39 is 6.04 Å². The molecule has 8 nitrogen and oxygen atoms in total. The number of ether oxygens (including phenoxy) is 3. The Balaban J connectivity index is 1.49. The van der Waals surface area contributed by atoms with Gasteiger partial charge in [0.25, 0.3) is 0 Å². The molecular weight excluding hydrogens is 458 g/mol. The van der Waals surface area contributed by atoms with Gasteiger partial charge in [0.2, 0.25) is 5.91 Å². The first-order valence-corrected chi connectivity index (χ1v) is 12.1. The van der Waals surface area contributed by atoms with Gasteiger partial charge in [0.05, 0.1) is 25.8 Å². The molecular formula is C28H31N3O5. The van der Waals surface area contributed by atoms with E-state index >= 15 is 0 Å². The molecule has 3 N–H and O–H groups in total. The number of carbonyl (C=O) groups is 1. The maximum absolute atomic E-state index is 13.5. The van der Waals surface area contributed by atoms with Crippen molar-refractivity contribution >= 4 is 5.91 Å². The number of rotatable bonds is 9.